The number of carbonyl (C=O) groups excluding carboxylic acids is 1. The zero-order valence-corrected chi connectivity index (χ0v) is 10.2. The number of ether oxygens (including phenoxy) is 1. The van der Waals surface area contributed by atoms with E-state index in [1.165, 1.54) is 0 Å². The molecule has 2 N–H and O–H groups in total. The summed E-state index contributed by atoms with van der Waals surface area (Å²) in [5.41, 5.74) is 5.91. The molecule has 4 nitrogen and oxygen atoms in total. The van der Waals surface area contributed by atoms with Crippen LogP contribution in [0.5, 0.6) is 0 Å². The Kier molecular flexibility index (Phi) is 3.50. The summed E-state index contributed by atoms with van der Waals surface area (Å²) in [6, 6.07) is 0.665. The van der Waals surface area contributed by atoms with Gasteiger partial charge < -0.3 is 15.4 Å². The van der Waals surface area contributed by atoms with Crippen LogP contribution in [0.4, 0.5) is 0 Å². The fourth-order valence-corrected chi connectivity index (χ4v) is 2.89. The lowest BCUT2D eigenvalue weighted by Crippen LogP contribution is -2.48. The van der Waals surface area contributed by atoms with Crippen molar-refractivity contribution in [2.45, 2.75) is 51.2 Å². The Hall–Kier alpha value is -0.610. The third kappa shape index (κ3) is 1.96. The van der Waals surface area contributed by atoms with E-state index in [1.54, 1.807) is 0 Å². The van der Waals surface area contributed by atoms with Crippen molar-refractivity contribution in [2.75, 3.05) is 13.2 Å². The monoisotopic (exact) mass is 226 g/mol. The molecular weight excluding hydrogens is 204 g/mol. The molecule has 2 fully saturated rings. The van der Waals surface area contributed by atoms with E-state index in [1.807, 2.05) is 0 Å². The molecule has 0 aromatic carbocycles. The van der Waals surface area contributed by atoms with E-state index >= 15 is 0 Å². The van der Waals surface area contributed by atoms with Crippen LogP contribution >= 0.6 is 0 Å². The van der Waals surface area contributed by atoms with Gasteiger partial charge in [-0.2, -0.15) is 0 Å². The standard InChI is InChI=1S/C12H22N2O2/c1-3-9-5-4-8(2)14(9)12(15)10-6-16-7-11(10)13/h8-11H,3-7,13H2,1-2H3. The van der Waals surface area contributed by atoms with Crippen molar-refractivity contribution >= 4 is 5.91 Å². The van der Waals surface area contributed by atoms with Crippen molar-refractivity contribution in [1.29, 1.82) is 0 Å². The lowest BCUT2D eigenvalue weighted by Gasteiger charge is -2.31. The molecule has 1 amide bonds. The minimum atomic E-state index is -0.116. The Morgan fingerprint density at radius 3 is 2.75 bits per heavy atom. The third-order valence-corrected chi connectivity index (χ3v) is 3.95. The first-order valence-electron chi connectivity index (χ1n) is 6.30. The van der Waals surface area contributed by atoms with E-state index in [2.05, 4.69) is 18.7 Å². The van der Waals surface area contributed by atoms with Gasteiger partial charge in [0.15, 0.2) is 0 Å². The van der Waals surface area contributed by atoms with Crippen LogP contribution in [0.3, 0.4) is 0 Å². The Morgan fingerprint density at radius 1 is 1.44 bits per heavy atom. The van der Waals surface area contributed by atoms with Gasteiger partial charge >= 0.3 is 0 Å². The lowest BCUT2D eigenvalue weighted by molar-refractivity contribution is -0.138. The summed E-state index contributed by atoms with van der Waals surface area (Å²) >= 11 is 0. The average Bonchev–Trinajstić information content (AvgIpc) is 2.83. The summed E-state index contributed by atoms with van der Waals surface area (Å²) in [6.45, 7) is 5.30. The number of nitrogens with zero attached hydrogens (tertiary/aromatic N) is 1. The Labute approximate surface area is 97.1 Å². The van der Waals surface area contributed by atoms with Crippen molar-refractivity contribution in [3.63, 3.8) is 0 Å². The second kappa shape index (κ2) is 4.72. The van der Waals surface area contributed by atoms with E-state index < -0.39 is 0 Å². The van der Waals surface area contributed by atoms with Gasteiger partial charge in [0.1, 0.15) is 0 Å². The Morgan fingerprint density at radius 2 is 2.19 bits per heavy atom. The largest absolute Gasteiger partial charge is 0.379 e. The first-order chi connectivity index (χ1) is 7.65. The Bertz CT molecular complexity index is 270. The maximum Gasteiger partial charge on any atom is 0.230 e. The summed E-state index contributed by atoms with van der Waals surface area (Å²) < 4.78 is 5.28. The van der Waals surface area contributed by atoms with Gasteiger partial charge in [0.25, 0.3) is 0 Å². The normalized spacial score (nSPS) is 39.3. The minimum Gasteiger partial charge on any atom is -0.379 e. The van der Waals surface area contributed by atoms with E-state index in [-0.39, 0.29) is 17.9 Å². The van der Waals surface area contributed by atoms with E-state index in [0.29, 0.717) is 25.3 Å². The second-order valence-corrected chi connectivity index (χ2v) is 5.04. The van der Waals surface area contributed by atoms with Crippen molar-refractivity contribution in [1.82, 2.24) is 4.90 Å². The van der Waals surface area contributed by atoms with Gasteiger partial charge in [-0.25, -0.2) is 0 Å². The molecule has 0 bridgehead atoms. The van der Waals surface area contributed by atoms with Gasteiger partial charge in [0, 0.05) is 18.1 Å². The number of amides is 1. The number of rotatable bonds is 2. The topological polar surface area (TPSA) is 55.6 Å². The fourth-order valence-electron chi connectivity index (χ4n) is 2.89. The van der Waals surface area contributed by atoms with Gasteiger partial charge in [-0.3, -0.25) is 4.79 Å². The van der Waals surface area contributed by atoms with Crippen LogP contribution in [0, 0.1) is 5.92 Å². The molecule has 4 heteroatoms. The van der Waals surface area contributed by atoms with Crippen LogP contribution in [0.25, 0.3) is 0 Å². The highest BCUT2D eigenvalue weighted by Crippen LogP contribution is 2.29. The first-order valence-corrected chi connectivity index (χ1v) is 6.30. The summed E-state index contributed by atoms with van der Waals surface area (Å²) in [5, 5.41) is 0. The van der Waals surface area contributed by atoms with Crippen LogP contribution in [0.1, 0.15) is 33.1 Å². The van der Waals surface area contributed by atoms with Crippen molar-refractivity contribution in [2.24, 2.45) is 11.7 Å². The zero-order valence-electron chi connectivity index (χ0n) is 10.2. The highest BCUT2D eigenvalue weighted by atomic mass is 16.5. The van der Waals surface area contributed by atoms with Gasteiger partial charge in [-0.15, -0.1) is 0 Å². The molecule has 4 atom stereocenters. The molecular formula is C12H22N2O2. The molecule has 2 aliphatic rings. The summed E-state index contributed by atoms with van der Waals surface area (Å²) in [5.74, 6) is 0.0939. The van der Waals surface area contributed by atoms with Gasteiger partial charge in [-0.1, -0.05) is 6.92 Å². The van der Waals surface area contributed by atoms with E-state index in [0.717, 1.165) is 19.3 Å². The third-order valence-electron chi connectivity index (χ3n) is 3.95. The quantitative estimate of drug-likeness (QED) is 0.756. The first kappa shape index (κ1) is 11.9. The zero-order chi connectivity index (χ0) is 11.7. The van der Waals surface area contributed by atoms with Crippen molar-refractivity contribution in [3.8, 4) is 0 Å². The number of hydrogen-bond donors (Lipinski definition) is 1. The molecule has 0 aromatic rings. The Balaban J connectivity index is 2.07. The molecule has 92 valence electrons. The second-order valence-electron chi connectivity index (χ2n) is 5.04. The molecule has 0 spiro atoms. The van der Waals surface area contributed by atoms with Crippen LogP contribution < -0.4 is 5.73 Å². The number of likely N-dealkylation sites (tertiary alicyclic amines) is 1. The van der Waals surface area contributed by atoms with Gasteiger partial charge in [-0.05, 0) is 26.2 Å². The fraction of sp³-hybridized carbons (Fsp3) is 0.917. The van der Waals surface area contributed by atoms with Crippen LogP contribution in [-0.4, -0.2) is 42.1 Å². The molecule has 4 unspecified atom stereocenters. The number of carbonyl (C=O) groups is 1. The van der Waals surface area contributed by atoms with Crippen LogP contribution in [0.2, 0.25) is 0 Å². The molecule has 0 radical (unpaired) electrons. The molecule has 2 saturated heterocycles. The van der Waals surface area contributed by atoms with Crippen LogP contribution in [0.15, 0.2) is 0 Å². The molecule has 2 heterocycles. The number of nitrogens with two attached hydrogens (primary N) is 1. The predicted molar refractivity (Wildman–Crippen MR) is 61.9 cm³/mol. The summed E-state index contributed by atoms with van der Waals surface area (Å²) in [6.07, 6.45) is 3.29. The average molecular weight is 226 g/mol. The van der Waals surface area contributed by atoms with Crippen molar-refractivity contribution in [3.05, 3.63) is 0 Å². The van der Waals surface area contributed by atoms with Crippen LogP contribution in [-0.2, 0) is 9.53 Å². The molecule has 0 saturated carbocycles. The number of hydrogen-bond acceptors (Lipinski definition) is 3. The molecule has 0 aromatic heterocycles. The molecule has 0 aliphatic carbocycles. The SMILES string of the molecule is CCC1CCC(C)N1C(=O)C1COCC1N. The predicted octanol–water partition coefficient (Wildman–Crippen LogP) is 0.750. The van der Waals surface area contributed by atoms with Crippen molar-refractivity contribution < 1.29 is 9.53 Å². The smallest absolute Gasteiger partial charge is 0.230 e. The molecule has 2 rings (SSSR count). The van der Waals surface area contributed by atoms with E-state index in [9.17, 15) is 4.79 Å². The molecule has 16 heavy (non-hydrogen) atoms. The minimum absolute atomic E-state index is 0.113. The molecule has 2 aliphatic heterocycles. The maximum atomic E-state index is 12.4. The van der Waals surface area contributed by atoms with E-state index in [4.69, 9.17) is 10.5 Å². The summed E-state index contributed by atoms with van der Waals surface area (Å²) in [7, 11) is 0. The van der Waals surface area contributed by atoms with Gasteiger partial charge in [0.2, 0.25) is 5.91 Å². The highest BCUT2D eigenvalue weighted by molar-refractivity contribution is 5.81. The summed E-state index contributed by atoms with van der Waals surface area (Å²) in [4.78, 5) is 14.5. The highest BCUT2D eigenvalue weighted by Gasteiger charge is 2.40. The lowest BCUT2D eigenvalue weighted by atomic mass is 10.0. The maximum absolute atomic E-state index is 12.4. The van der Waals surface area contributed by atoms with Gasteiger partial charge in [0.05, 0.1) is 19.1 Å².